The van der Waals surface area contributed by atoms with Gasteiger partial charge in [0.05, 0.1) is 25.6 Å². The Morgan fingerprint density at radius 3 is 2.06 bits per heavy atom. The Morgan fingerprint density at radius 1 is 1.06 bits per heavy atom. The van der Waals surface area contributed by atoms with Crippen molar-refractivity contribution in [1.29, 1.82) is 0 Å². The average molecular weight is 238 g/mol. The molecule has 0 radical (unpaired) electrons. The molecule has 1 aromatic carbocycles. The van der Waals surface area contributed by atoms with Crippen molar-refractivity contribution in [2.45, 2.75) is 26.8 Å². The zero-order valence-electron chi connectivity index (χ0n) is 11.2. The molecule has 1 aromatic rings. The summed E-state index contributed by atoms with van der Waals surface area (Å²) in [7, 11) is 3.21. The van der Waals surface area contributed by atoms with Crippen molar-refractivity contribution in [3.8, 4) is 11.5 Å². The molecule has 3 N–H and O–H groups in total. The molecule has 0 amide bonds. The number of methoxy groups -OCH3 is 2. The van der Waals surface area contributed by atoms with Crippen LogP contribution in [-0.4, -0.2) is 20.3 Å². The van der Waals surface area contributed by atoms with Gasteiger partial charge in [0.25, 0.3) is 0 Å². The third-order valence-electron chi connectivity index (χ3n) is 2.94. The van der Waals surface area contributed by atoms with Gasteiger partial charge in [0, 0.05) is 18.2 Å². The first-order valence-corrected chi connectivity index (χ1v) is 5.77. The Balaban J connectivity index is 3.00. The van der Waals surface area contributed by atoms with Crippen molar-refractivity contribution in [1.82, 2.24) is 0 Å². The molecule has 0 bridgehead atoms. The topological polar surface area (TPSA) is 56.5 Å². The SMILES string of the molecule is COc1cc(N)c(NC(C)C(C)C)cc1OC. The van der Waals surface area contributed by atoms with Crippen LogP contribution in [0.5, 0.6) is 11.5 Å². The standard InChI is InChI=1S/C13H22N2O2/c1-8(2)9(3)15-11-7-13(17-5)12(16-4)6-10(11)14/h6-9,15H,14H2,1-5H3. The second kappa shape index (κ2) is 5.66. The summed E-state index contributed by atoms with van der Waals surface area (Å²) < 4.78 is 10.4. The summed E-state index contributed by atoms with van der Waals surface area (Å²) >= 11 is 0. The van der Waals surface area contributed by atoms with Gasteiger partial charge in [0.15, 0.2) is 11.5 Å². The van der Waals surface area contributed by atoms with Crippen LogP contribution >= 0.6 is 0 Å². The van der Waals surface area contributed by atoms with Crippen LogP contribution in [0.15, 0.2) is 12.1 Å². The predicted octanol–water partition coefficient (Wildman–Crippen LogP) is 2.74. The highest BCUT2D eigenvalue weighted by Crippen LogP contribution is 2.35. The lowest BCUT2D eigenvalue weighted by atomic mass is 10.1. The van der Waals surface area contributed by atoms with E-state index in [1.807, 2.05) is 6.07 Å². The normalized spacial score (nSPS) is 12.4. The zero-order valence-corrected chi connectivity index (χ0v) is 11.2. The molecule has 0 aliphatic heterocycles. The molecule has 0 spiro atoms. The van der Waals surface area contributed by atoms with E-state index in [-0.39, 0.29) is 0 Å². The molecule has 4 heteroatoms. The first-order chi connectivity index (χ1) is 7.99. The molecular weight excluding hydrogens is 216 g/mol. The molecule has 4 nitrogen and oxygen atoms in total. The highest BCUT2D eigenvalue weighted by molar-refractivity contribution is 5.72. The van der Waals surface area contributed by atoms with Crippen LogP contribution < -0.4 is 20.5 Å². The highest BCUT2D eigenvalue weighted by atomic mass is 16.5. The summed E-state index contributed by atoms with van der Waals surface area (Å²) in [6.07, 6.45) is 0. The van der Waals surface area contributed by atoms with E-state index >= 15 is 0 Å². The number of nitrogens with one attached hydrogen (secondary N) is 1. The second-order valence-electron chi connectivity index (χ2n) is 4.47. The molecule has 96 valence electrons. The van der Waals surface area contributed by atoms with Crippen LogP contribution in [-0.2, 0) is 0 Å². The Bertz CT molecular complexity index is 378. The van der Waals surface area contributed by atoms with Crippen molar-refractivity contribution < 1.29 is 9.47 Å². The molecule has 1 rings (SSSR count). The molecule has 0 saturated carbocycles. The zero-order chi connectivity index (χ0) is 13.0. The fourth-order valence-corrected chi connectivity index (χ4v) is 1.43. The van der Waals surface area contributed by atoms with Gasteiger partial charge in [-0.15, -0.1) is 0 Å². The molecule has 17 heavy (non-hydrogen) atoms. The fraction of sp³-hybridized carbons (Fsp3) is 0.538. The van der Waals surface area contributed by atoms with Gasteiger partial charge in [0.1, 0.15) is 0 Å². The summed E-state index contributed by atoms with van der Waals surface area (Å²) in [4.78, 5) is 0. The first kappa shape index (κ1) is 13.5. The first-order valence-electron chi connectivity index (χ1n) is 5.77. The maximum absolute atomic E-state index is 5.97. The van der Waals surface area contributed by atoms with Crippen LogP contribution in [0.4, 0.5) is 11.4 Å². The molecular formula is C13H22N2O2. The third kappa shape index (κ3) is 3.19. The molecule has 1 unspecified atom stereocenters. The van der Waals surface area contributed by atoms with Crippen LogP contribution in [0.25, 0.3) is 0 Å². The van der Waals surface area contributed by atoms with E-state index in [0.717, 1.165) is 5.69 Å². The number of rotatable bonds is 5. The summed E-state index contributed by atoms with van der Waals surface area (Å²) in [6.45, 7) is 6.45. The van der Waals surface area contributed by atoms with Crippen LogP contribution in [0, 0.1) is 5.92 Å². The number of ether oxygens (including phenoxy) is 2. The molecule has 0 aliphatic rings. The van der Waals surface area contributed by atoms with E-state index in [9.17, 15) is 0 Å². The maximum Gasteiger partial charge on any atom is 0.162 e. The van der Waals surface area contributed by atoms with Crippen molar-refractivity contribution in [2.24, 2.45) is 5.92 Å². The van der Waals surface area contributed by atoms with Gasteiger partial charge in [-0.1, -0.05) is 13.8 Å². The Labute approximate surface area is 103 Å². The van der Waals surface area contributed by atoms with E-state index in [2.05, 4.69) is 26.1 Å². The lowest BCUT2D eigenvalue weighted by Gasteiger charge is -2.21. The predicted molar refractivity (Wildman–Crippen MR) is 71.9 cm³/mol. The lowest BCUT2D eigenvalue weighted by molar-refractivity contribution is 0.355. The number of anilines is 2. The Kier molecular flexibility index (Phi) is 4.49. The summed E-state index contributed by atoms with van der Waals surface area (Å²) in [5, 5.41) is 3.38. The van der Waals surface area contributed by atoms with Crippen LogP contribution in [0.3, 0.4) is 0 Å². The van der Waals surface area contributed by atoms with Crippen LogP contribution in [0.2, 0.25) is 0 Å². The fourth-order valence-electron chi connectivity index (χ4n) is 1.43. The van der Waals surface area contributed by atoms with Gasteiger partial charge in [0.2, 0.25) is 0 Å². The van der Waals surface area contributed by atoms with Gasteiger partial charge < -0.3 is 20.5 Å². The number of hydrogen-bond donors (Lipinski definition) is 2. The number of benzene rings is 1. The van der Waals surface area contributed by atoms with E-state index in [4.69, 9.17) is 15.2 Å². The molecule has 0 saturated heterocycles. The average Bonchev–Trinajstić information content (AvgIpc) is 2.30. The summed E-state index contributed by atoms with van der Waals surface area (Å²) in [5.41, 5.74) is 7.51. The molecule has 0 fully saturated rings. The van der Waals surface area contributed by atoms with E-state index in [0.29, 0.717) is 29.1 Å². The quantitative estimate of drug-likeness (QED) is 0.774. The van der Waals surface area contributed by atoms with Gasteiger partial charge in [-0.3, -0.25) is 0 Å². The van der Waals surface area contributed by atoms with Crippen molar-refractivity contribution in [3.05, 3.63) is 12.1 Å². The minimum Gasteiger partial charge on any atom is -0.493 e. The van der Waals surface area contributed by atoms with E-state index < -0.39 is 0 Å². The molecule has 0 heterocycles. The monoisotopic (exact) mass is 238 g/mol. The molecule has 0 aliphatic carbocycles. The van der Waals surface area contributed by atoms with Crippen molar-refractivity contribution in [2.75, 3.05) is 25.3 Å². The minimum absolute atomic E-state index is 0.343. The lowest BCUT2D eigenvalue weighted by Crippen LogP contribution is -2.22. The summed E-state index contributed by atoms with van der Waals surface area (Å²) in [5.74, 6) is 1.86. The summed E-state index contributed by atoms with van der Waals surface area (Å²) in [6, 6.07) is 3.98. The second-order valence-corrected chi connectivity index (χ2v) is 4.47. The smallest absolute Gasteiger partial charge is 0.162 e. The van der Waals surface area contributed by atoms with Gasteiger partial charge in [-0.2, -0.15) is 0 Å². The van der Waals surface area contributed by atoms with Gasteiger partial charge >= 0.3 is 0 Å². The van der Waals surface area contributed by atoms with Crippen molar-refractivity contribution in [3.63, 3.8) is 0 Å². The minimum atomic E-state index is 0.343. The maximum atomic E-state index is 5.97. The van der Waals surface area contributed by atoms with Crippen molar-refractivity contribution >= 4 is 11.4 Å². The van der Waals surface area contributed by atoms with Gasteiger partial charge in [-0.05, 0) is 12.8 Å². The number of nitrogens with two attached hydrogens (primary N) is 1. The largest absolute Gasteiger partial charge is 0.493 e. The number of nitrogen functional groups attached to an aromatic ring is 1. The number of hydrogen-bond acceptors (Lipinski definition) is 4. The van der Waals surface area contributed by atoms with Gasteiger partial charge in [-0.25, -0.2) is 0 Å². The molecule has 1 atom stereocenters. The van der Waals surface area contributed by atoms with E-state index in [1.165, 1.54) is 0 Å². The Morgan fingerprint density at radius 2 is 1.59 bits per heavy atom. The van der Waals surface area contributed by atoms with E-state index in [1.54, 1.807) is 20.3 Å². The Hall–Kier alpha value is -1.58. The van der Waals surface area contributed by atoms with Crippen LogP contribution in [0.1, 0.15) is 20.8 Å². The third-order valence-corrected chi connectivity index (χ3v) is 2.94. The molecule has 0 aromatic heterocycles. The highest BCUT2D eigenvalue weighted by Gasteiger charge is 2.12.